The summed E-state index contributed by atoms with van der Waals surface area (Å²) in [6.45, 7) is 3.95. The third-order valence-electron chi connectivity index (χ3n) is 2.68. The van der Waals surface area contributed by atoms with Gasteiger partial charge in [0, 0.05) is 18.4 Å². The zero-order valence-corrected chi connectivity index (χ0v) is 11.8. The molecule has 0 fully saturated rings. The van der Waals surface area contributed by atoms with Crippen LogP contribution in [0.2, 0.25) is 0 Å². The van der Waals surface area contributed by atoms with E-state index in [4.69, 9.17) is 0 Å². The zero-order valence-electron chi connectivity index (χ0n) is 11.0. The van der Waals surface area contributed by atoms with Gasteiger partial charge in [-0.3, -0.25) is 4.79 Å². The number of carbonyl (C=O) groups excluding carboxylic acids is 1. The van der Waals surface area contributed by atoms with Gasteiger partial charge < -0.3 is 5.32 Å². The molecular weight excluding hydrogens is 250 g/mol. The van der Waals surface area contributed by atoms with Crippen molar-refractivity contribution >= 4 is 21.4 Å². The summed E-state index contributed by atoms with van der Waals surface area (Å²) in [5, 5.41) is 2.75. The number of nitrogens with one attached hydrogen (secondary N) is 1. The molecule has 0 saturated carbocycles. The zero-order chi connectivity index (χ0) is 13.8. The van der Waals surface area contributed by atoms with Crippen molar-refractivity contribution in [3.63, 3.8) is 0 Å². The second-order valence-electron chi connectivity index (χ2n) is 4.43. The number of carbonyl (C=O) groups is 1. The van der Waals surface area contributed by atoms with E-state index in [1.807, 2.05) is 32.0 Å². The largest absolute Gasteiger partial charge is 0.326 e. The summed E-state index contributed by atoms with van der Waals surface area (Å²) < 4.78 is 22.0. The molecule has 0 heterocycles. The van der Waals surface area contributed by atoms with Gasteiger partial charge in [0.1, 0.15) is 9.84 Å². The maximum Gasteiger partial charge on any atom is 0.225 e. The van der Waals surface area contributed by atoms with Gasteiger partial charge in [-0.1, -0.05) is 19.1 Å². The van der Waals surface area contributed by atoms with Crippen molar-refractivity contribution in [1.29, 1.82) is 0 Å². The summed E-state index contributed by atoms with van der Waals surface area (Å²) in [7, 11) is -3.10. The minimum absolute atomic E-state index is 0.00533. The van der Waals surface area contributed by atoms with Gasteiger partial charge in [-0.2, -0.15) is 0 Å². The van der Waals surface area contributed by atoms with Gasteiger partial charge in [0.2, 0.25) is 5.91 Å². The average molecular weight is 269 g/mol. The van der Waals surface area contributed by atoms with Crippen LogP contribution in [0, 0.1) is 6.92 Å². The quantitative estimate of drug-likeness (QED) is 0.888. The molecule has 0 atom stereocenters. The van der Waals surface area contributed by atoms with E-state index in [1.165, 1.54) is 0 Å². The van der Waals surface area contributed by atoms with Gasteiger partial charge in [-0.15, -0.1) is 0 Å². The molecule has 1 aromatic carbocycles. The molecule has 0 spiro atoms. The van der Waals surface area contributed by atoms with E-state index in [0.29, 0.717) is 0 Å². The Morgan fingerprint density at radius 3 is 2.56 bits per heavy atom. The predicted octanol–water partition coefficient (Wildman–Crippen LogP) is 1.93. The fourth-order valence-electron chi connectivity index (χ4n) is 1.51. The predicted molar refractivity (Wildman–Crippen MR) is 73.5 cm³/mol. The molecule has 1 amide bonds. The van der Waals surface area contributed by atoms with Crippen molar-refractivity contribution in [3.05, 3.63) is 29.3 Å². The molecule has 0 bridgehead atoms. The second-order valence-corrected chi connectivity index (χ2v) is 6.69. The normalized spacial score (nSPS) is 11.3. The number of benzene rings is 1. The Morgan fingerprint density at radius 2 is 2.00 bits per heavy atom. The number of hydrogen-bond acceptors (Lipinski definition) is 3. The van der Waals surface area contributed by atoms with Crippen LogP contribution in [0.15, 0.2) is 18.2 Å². The van der Waals surface area contributed by atoms with Gasteiger partial charge in [0.15, 0.2) is 0 Å². The molecule has 4 nitrogen and oxygen atoms in total. The van der Waals surface area contributed by atoms with E-state index in [9.17, 15) is 13.2 Å². The van der Waals surface area contributed by atoms with E-state index in [2.05, 4.69) is 5.32 Å². The molecule has 5 heteroatoms. The van der Waals surface area contributed by atoms with Crippen LogP contribution in [-0.4, -0.2) is 26.3 Å². The highest BCUT2D eigenvalue weighted by atomic mass is 32.2. The molecule has 0 aliphatic heterocycles. The fraction of sp³-hybridized carbons (Fsp3) is 0.462. The second kappa shape index (κ2) is 6.00. The third-order valence-corrected chi connectivity index (χ3v) is 3.63. The number of sulfone groups is 1. The highest BCUT2D eigenvalue weighted by molar-refractivity contribution is 7.90. The van der Waals surface area contributed by atoms with Crippen LogP contribution in [-0.2, 0) is 21.1 Å². The van der Waals surface area contributed by atoms with Crippen LogP contribution in [0.25, 0.3) is 0 Å². The van der Waals surface area contributed by atoms with Crippen LogP contribution >= 0.6 is 0 Å². The summed E-state index contributed by atoms with van der Waals surface area (Å²) in [4.78, 5) is 11.6. The number of hydrogen-bond donors (Lipinski definition) is 1. The molecule has 0 radical (unpaired) electrons. The molecular formula is C13H19NO3S. The minimum atomic E-state index is -3.10. The smallest absolute Gasteiger partial charge is 0.225 e. The van der Waals surface area contributed by atoms with Gasteiger partial charge in [-0.05, 0) is 30.5 Å². The van der Waals surface area contributed by atoms with Gasteiger partial charge in [-0.25, -0.2) is 8.42 Å². The summed E-state index contributed by atoms with van der Waals surface area (Å²) >= 11 is 0. The standard InChI is InChI=1S/C13H19NO3S/c1-4-11-6-5-10(2)12(9-11)14-13(15)7-8-18(3,16)17/h5-6,9H,4,7-8H2,1-3H3,(H,14,15). The first kappa shape index (κ1) is 14.7. The lowest BCUT2D eigenvalue weighted by Crippen LogP contribution is -2.17. The maximum absolute atomic E-state index is 11.6. The highest BCUT2D eigenvalue weighted by Gasteiger charge is 2.09. The Bertz CT molecular complexity index is 535. The Kier molecular flexibility index (Phi) is 4.90. The molecule has 0 saturated heterocycles. The Labute approximate surface area is 108 Å². The average Bonchev–Trinajstić information content (AvgIpc) is 2.28. The van der Waals surface area contributed by atoms with Crippen molar-refractivity contribution < 1.29 is 13.2 Å². The van der Waals surface area contributed by atoms with E-state index in [1.54, 1.807) is 0 Å². The Balaban J connectivity index is 2.69. The van der Waals surface area contributed by atoms with Gasteiger partial charge in [0.25, 0.3) is 0 Å². The summed E-state index contributed by atoms with van der Waals surface area (Å²) in [6, 6.07) is 5.89. The van der Waals surface area contributed by atoms with Gasteiger partial charge in [0.05, 0.1) is 5.75 Å². The summed E-state index contributed by atoms with van der Waals surface area (Å²) in [5.74, 6) is -0.387. The first-order chi connectivity index (χ1) is 8.31. The molecule has 100 valence electrons. The topological polar surface area (TPSA) is 63.2 Å². The molecule has 0 aromatic heterocycles. The number of anilines is 1. The monoisotopic (exact) mass is 269 g/mol. The van der Waals surface area contributed by atoms with Crippen LogP contribution in [0.4, 0.5) is 5.69 Å². The van der Waals surface area contributed by atoms with Crippen molar-refractivity contribution in [2.24, 2.45) is 0 Å². The van der Waals surface area contributed by atoms with E-state index >= 15 is 0 Å². The summed E-state index contributed by atoms with van der Waals surface area (Å²) in [5.41, 5.74) is 2.87. The van der Waals surface area contributed by atoms with Crippen molar-refractivity contribution in [3.8, 4) is 0 Å². The fourth-order valence-corrected chi connectivity index (χ4v) is 2.07. The van der Waals surface area contributed by atoms with E-state index in [-0.39, 0.29) is 18.1 Å². The number of amides is 1. The van der Waals surface area contributed by atoms with E-state index < -0.39 is 9.84 Å². The number of rotatable bonds is 5. The maximum atomic E-state index is 11.6. The lowest BCUT2D eigenvalue weighted by atomic mass is 10.1. The van der Waals surface area contributed by atoms with Crippen molar-refractivity contribution in [2.45, 2.75) is 26.7 Å². The molecule has 18 heavy (non-hydrogen) atoms. The first-order valence-corrected chi connectivity index (χ1v) is 7.95. The van der Waals surface area contributed by atoms with Crippen molar-refractivity contribution in [2.75, 3.05) is 17.3 Å². The molecule has 0 aliphatic carbocycles. The van der Waals surface area contributed by atoms with Gasteiger partial charge >= 0.3 is 0 Å². The van der Waals surface area contributed by atoms with Crippen LogP contribution in [0.1, 0.15) is 24.5 Å². The minimum Gasteiger partial charge on any atom is -0.326 e. The highest BCUT2D eigenvalue weighted by Crippen LogP contribution is 2.17. The van der Waals surface area contributed by atoms with Crippen LogP contribution in [0.3, 0.4) is 0 Å². The molecule has 0 aliphatic rings. The lowest BCUT2D eigenvalue weighted by molar-refractivity contribution is -0.115. The van der Waals surface area contributed by atoms with Crippen LogP contribution < -0.4 is 5.32 Å². The lowest BCUT2D eigenvalue weighted by Gasteiger charge is -2.09. The van der Waals surface area contributed by atoms with Crippen molar-refractivity contribution in [1.82, 2.24) is 0 Å². The SMILES string of the molecule is CCc1ccc(C)c(NC(=O)CCS(C)(=O)=O)c1. The third kappa shape index (κ3) is 4.87. The number of aryl methyl sites for hydroxylation is 2. The van der Waals surface area contributed by atoms with E-state index in [0.717, 1.165) is 29.5 Å². The van der Waals surface area contributed by atoms with Crippen LogP contribution in [0.5, 0.6) is 0 Å². The first-order valence-electron chi connectivity index (χ1n) is 5.89. The molecule has 1 aromatic rings. The Hall–Kier alpha value is -1.36. The molecule has 1 rings (SSSR count). The summed E-state index contributed by atoms with van der Waals surface area (Å²) in [6.07, 6.45) is 2.02. The Morgan fingerprint density at radius 1 is 1.33 bits per heavy atom. The molecule has 1 N–H and O–H groups in total. The molecule has 0 unspecified atom stereocenters.